The van der Waals surface area contributed by atoms with E-state index in [0.717, 1.165) is 0 Å². The Morgan fingerprint density at radius 2 is 2.23 bits per heavy atom. The number of carbonyl (C=O) groups is 1. The zero-order valence-corrected chi connectivity index (χ0v) is 7.76. The first kappa shape index (κ1) is 9.61. The normalized spacial score (nSPS) is 21.8. The lowest BCUT2D eigenvalue weighted by Crippen LogP contribution is -2.38. The van der Waals surface area contributed by atoms with Crippen molar-refractivity contribution in [2.24, 2.45) is 5.41 Å². The molecule has 0 aromatic carbocycles. The zero-order valence-electron chi connectivity index (χ0n) is 7.76. The van der Waals surface area contributed by atoms with Crippen LogP contribution in [0.15, 0.2) is 0 Å². The first-order chi connectivity index (χ1) is 5.99. The third-order valence-corrected chi connectivity index (χ3v) is 2.50. The van der Waals surface area contributed by atoms with Crippen LogP contribution in [-0.4, -0.2) is 11.6 Å². The number of ether oxygens (including phenoxy) is 1. The van der Waals surface area contributed by atoms with Crippen molar-refractivity contribution in [3.8, 4) is 18.4 Å². The van der Waals surface area contributed by atoms with Crippen molar-refractivity contribution >= 4 is 5.97 Å². The van der Waals surface area contributed by atoms with Gasteiger partial charge in [0.1, 0.15) is 5.41 Å². The molecule has 0 aromatic rings. The molecule has 68 valence electrons. The van der Waals surface area contributed by atoms with Crippen LogP contribution in [0.4, 0.5) is 0 Å². The van der Waals surface area contributed by atoms with E-state index >= 15 is 0 Å². The lowest BCUT2D eigenvalue weighted by atomic mass is 9.87. The summed E-state index contributed by atoms with van der Waals surface area (Å²) in [6.07, 6.45) is 6.69. The van der Waals surface area contributed by atoms with Crippen LogP contribution in [0.1, 0.15) is 26.7 Å². The molecule has 0 unspecified atom stereocenters. The van der Waals surface area contributed by atoms with Gasteiger partial charge in [0.25, 0.3) is 0 Å². The van der Waals surface area contributed by atoms with E-state index < -0.39 is 17.0 Å². The summed E-state index contributed by atoms with van der Waals surface area (Å²) in [5, 5.41) is 8.90. The van der Waals surface area contributed by atoms with Crippen molar-refractivity contribution in [1.82, 2.24) is 0 Å². The van der Waals surface area contributed by atoms with Gasteiger partial charge in [-0.15, -0.1) is 6.42 Å². The molecular weight excluding hydrogens is 166 g/mol. The molecule has 0 saturated heterocycles. The topological polar surface area (TPSA) is 50.1 Å². The molecule has 13 heavy (non-hydrogen) atoms. The highest BCUT2D eigenvalue weighted by Crippen LogP contribution is 2.54. The largest absolute Gasteiger partial charge is 0.445 e. The number of nitriles is 1. The molecule has 1 fully saturated rings. The Balaban J connectivity index is 2.90. The number of esters is 1. The van der Waals surface area contributed by atoms with Gasteiger partial charge < -0.3 is 4.74 Å². The highest BCUT2D eigenvalue weighted by Gasteiger charge is 2.59. The van der Waals surface area contributed by atoms with Crippen molar-refractivity contribution in [3.63, 3.8) is 0 Å². The van der Waals surface area contributed by atoms with Gasteiger partial charge in [0.05, 0.1) is 6.07 Å². The Morgan fingerprint density at radius 3 is 2.46 bits per heavy atom. The van der Waals surface area contributed by atoms with Gasteiger partial charge in [-0.1, -0.05) is 5.92 Å². The maximum atomic E-state index is 10.8. The Bertz CT molecular complexity index is 317. The van der Waals surface area contributed by atoms with Gasteiger partial charge in [-0.25, -0.2) is 0 Å². The maximum Gasteiger partial charge on any atom is 0.304 e. The second-order valence-electron chi connectivity index (χ2n) is 3.47. The number of rotatable bonds is 2. The highest BCUT2D eigenvalue weighted by molar-refractivity contribution is 5.67. The summed E-state index contributed by atoms with van der Waals surface area (Å²) in [5.41, 5.74) is -1.71. The molecule has 1 saturated carbocycles. The van der Waals surface area contributed by atoms with E-state index in [1.165, 1.54) is 6.92 Å². The van der Waals surface area contributed by atoms with Gasteiger partial charge >= 0.3 is 5.97 Å². The van der Waals surface area contributed by atoms with E-state index in [2.05, 4.69) is 12.0 Å². The van der Waals surface area contributed by atoms with E-state index in [9.17, 15) is 4.79 Å². The molecule has 1 rings (SSSR count). The van der Waals surface area contributed by atoms with E-state index in [4.69, 9.17) is 16.4 Å². The third-order valence-electron chi connectivity index (χ3n) is 2.50. The third kappa shape index (κ3) is 1.38. The number of hydrogen-bond donors (Lipinski definition) is 0. The van der Waals surface area contributed by atoms with E-state index in [0.29, 0.717) is 12.8 Å². The standard InChI is InChI=1S/C10H11NO2/c1-4-9(3,13-8(2)12)10(7-11)5-6-10/h1H,5-6H2,2-3H3/t9-/m0/s1. The molecule has 0 aliphatic heterocycles. The molecule has 3 heteroatoms. The molecule has 3 nitrogen and oxygen atoms in total. The average Bonchev–Trinajstić information content (AvgIpc) is 2.83. The number of hydrogen-bond acceptors (Lipinski definition) is 3. The molecule has 0 radical (unpaired) electrons. The molecule has 0 amide bonds. The van der Waals surface area contributed by atoms with E-state index in [-0.39, 0.29) is 0 Å². The lowest BCUT2D eigenvalue weighted by molar-refractivity contribution is -0.153. The summed E-state index contributed by atoms with van der Waals surface area (Å²) in [7, 11) is 0. The molecule has 0 aromatic heterocycles. The summed E-state index contributed by atoms with van der Waals surface area (Å²) in [6, 6.07) is 2.13. The molecule has 0 spiro atoms. The van der Waals surface area contributed by atoms with Gasteiger partial charge in [0.2, 0.25) is 0 Å². The van der Waals surface area contributed by atoms with E-state index in [1.807, 2.05) is 0 Å². The monoisotopic (exact) mass is 177 g/mol. The minimum atomic E-state index is -1.06. The summed E-state index contributed by atoms with van der Waals surface area (Å²) in [4.78, 5) is 10.8. The van der Waals surface area contributed by atoms with Crippen LogP contribution >= 0.6 is 0 Å². The van der Waals surface area contributed by atoms with Crippen molar-refractivity contribution in [1.29, 1.82) is 5.26 Å². The quantitative estimate of drug-likeness (QED) is 0.471. The van der Waals surface area contributed by atoms with Crippen molar-refractivity contribution < 1.29 is 9.53 Å². The first-order valence-electron chi connectivity index (χ1n) is 4.08. The number of terminal acetylenes is 1. The number of carbonyl (C=O) groups excluding carboxylic acids is 1. The summed E-state index contributed by atoms with van der Waals surface area (Å²) >= 11 is 0. The summed E-state index contributed by atoms with van der Waals surface area (Å²) in [6.45, 7) is 2.91. The molecule has 1 atom stereocenters. The smallest absolute Gasteiger partial charge is 0.304 e. The van der Waals surface area contributed by atoms with Gasteiger partial charge in [0, 0.05) is 6.92 Å². The SMILES string of the molecule is C#C[C@](C)(OC(C)=O)C1(C#N)CC1. The predicted octanol–water partition coefficient (Wildman–Crippen LogP) is 1.25. The van der Waals surface area contributed by atoms with Crippen LogP contribution in [0.5, 0.6) is 0 Å². The Morgan fingerprint density at radius 1 is 1.69 bits per heavy atom. The molecule has 0 heterocycles. The van der Waals surface area contributed by atoms with Crippen LogP contribution in [0.2, 0.25) is 0 Å². The Hall–Kier alpha value is -1.48. The van der Waals surface area contributed by atoms with Crippen molar-refractivity contribution in [2.45, 2.75) is 32.3 Å². The van der Waals surface area contributed by atoms with Crippen LogP contribution in [0.25, 0.3) is 0 Å². The van der Waals surface area contributed by atoms with Gasteiger partial charge in [-0.05, 0) is 19.8 Å². The van der Waals surface area contributed by atoms with Crippen molar-refractivity contribution in [2.75, 3.05) is 0 Å². The molecule has 0 bridgehead atoms. The molecule has 0 N–H and O–H groups in total. The Labute approximate surface area is 77.7 Å². The molecule has 1 aliphatic rings. The second-order valence-corrected chi connectivity index (χ2v) is 3.47. The highest BCUT2D eigenvalue weighted by atomic mass is 16.6. The van der Waals surface area contributed by atoms with E-state index in [1.54, 1.807) is 6.92 Å². The fraction of sp³-hybridized carbons (Fsp3) is 0.600. The minimum absolute atomic E-state index is 0.443. The van der Waals surface area contributed by atoms with Gasteiger partial charge in [0.15, 0.2) is 5.60 Å². The predicted molar refractivity (Wildman–Crippen MR) is 46.3 cm³/mol. The fourth-order valence-electron chi connectivity index (χ4n) is 1.37. The number of nitrogens with zero attached hydrogens (tertiary/aromatic N) is 1. The first-order valence-corrected chi connectivity index (χ1v) is 4.08. The van der Waals surface area contributed by atoms with Gasteiger partial charge in [-0.3, -0.25) is 4.79 Å². The fourth-order valence-corrected chi connectivity index (χ4v) is 1.37. The molecular formula is C10H11NO2. The minimum Gasteiger partial charge on any atom is -0.445 e. The second kappa shape index (κ2) is 2.78. The van der Waals surface area contributed by atoms with Gasteiger partial charge in [-0.2, -0.15) is 5.26 Å². The maximum absolute atomic E-state index is 10.8. The lowest BCUT2D eigenvalue weighted by Gasteiger charge is -2.27. The zero-order chi connectivity index (χ0) is 10.1. The Kier molecular flexibility index (Phi) is 2.05. The molecule has 1 aliphatic carbocycles. The van der Waals surface area contributed by atoms with Crippen LogP contribution < -0.4 is 0 Å². The average molecular weight is 177 g/mol. The summed E-state index contributed by atoms with van der Waals surface area (Å²) < 4.78 is 5.01. The van der Waals surface area contributed by atoms with Crippen LogP contribution in [0.3, 0.4) is 0 Å². The van der Waals surface area contributed by atoms with Crippen LogP contribution in [0, 0.1) is 29.1 Å². The summed E-state index contributed by atoms with van der Waals surface area (Å²) in [5.74, 6) is 1.96. The van der Waals surface area contributed by atoms with Crippen molar-refractivity contribution in [3.05, 3.63) is 0 Å². The van der Waals surface area contributed by atoms with Crippen LogP contribution in [-0.2, 0) is 9.53 Å².